The van der Waals surface area contributed by atoms with Crippen molar-refractivity contribution >= 4 is 33.2 Å². The number of benzene rings is 1. The predicted molar refractivity (Wildman–Crippen MR) is 71.3 cm³/mol. The fourth-order valence-corrected chi connectivity index (χ4v) is 2.40. The van der Waals surface area contributed by atoms with E-state index in [1.54, 1.807) is 0 Å². The molecule has 1 aliphatic rings. The van der Waals surface area contributed by atoms with E-state index in [1.165, 1.54) is 0 Å². The standard InChI is InChI=1S/C12H15BrClNO/c1-8-3-9(13)11(4-10(8)14)15-5-12(2)6-16-7-12/h3-4,15H,5-7H2,1-2H3. The number of anilines is 1. The molecule has 0 aliphatic carbocycles. The van der Waals surface area contributed by atoms with E-state index in [0.717, 1.165) is 40.5 Å². The van der Waals surface area contributed by atoms with Crippen molar-refractivity contribution in [3.63, 3.8) is 0 Å². The minimum Gasteiger partial charge on any atom is -0.383 e. The minimum absolute atomic E-state index is 0.261. The van der Waals surface area contributed by atoms with Gasteiger partial charge >= 0.3 is 0 Å². The number of halogens is 2. The molecule has 1 aliphatic heterocycles. The van der Waals surface area contributed by atoms with Crippen molar-refractivity contribution in [3.05, 3.63) is 27.2 Å². The normalized spacial score (nSPS) is 18.0. The maximum atomic E-state index is 6.10. The summed E-state index contributed by atoms with van der Waals surface area (Å²) in [5, 5.41) is 4.20. The van der Waals surface area contributed by atoms with E-state index >= 15 is 0 Å². The molecule has 4 heteroatoms. The second kappa shape index (κ2) is 4.55. The number of aryl methyl sites for hydroxylation is 1. The zero-order valence-corrected chi connectivity index (χ0v) is 11.8. The van der Waals surface area contributed by atoms with Crippen LogP contribution in [0.5, 0.6) is 0 Å². The first-order valence-corrected chi connectivity index (χ1v) is 6.45. The monoisotopic (exact) mass is 303 g/mol. The van der Waals surface area contributed by atoms with Crippen molar-refractivity contribution in [1.82, 2.24) is 0 Å². The number of hydrogen-bond acceptors (Lipinski definition) is 2. The van der Waals surface area contributed by atoms with E-state index in [1.807, 2.05) is 19.1 Å². The zero-order valence-electron chi connectivity index (χ0n) is 9.44. The third-order valence-electron chi connectivity index (χ3n) is 2.85. The summed E-state index contributed by atoms with van der Waals surface area (Å²) >= 11 is 9.63. The van der Waals surface area contributed by atoms with Crippen LogP contribution in [0.4, 0.5) is 5.69 Å². The second-order valence-electron chi connectivity index (χ2n) is 4.74. The quantitative estimate of drug-likeness (QED) is 0.915. The Balaban J connectivity index is 2.06. The highest BCUT2D eigenvalue weighted by molar-refractivity contribution is 9.10. The van der Waals surface area contributed by atoms with Crippen molar-refractivity contribution in [3.8, 4) is 0 Å². The van der Waals surface area contributed by atoms with E-state index in [4.69, 9.17) is 16.3 Å². The molecule has 1 saturated heterocycles. The van der Waals surface area contributed by atoms with Crippen molar-refractivity contribution in [2.24, 2.45) is 5.41 Å². The molecule has 0 amide bonds. The lowest BCUT2D eigenvalue weighted by atomic mass is 9.89. The van der Waals surface area contributed by atoms with E-state index in [0.29, 0.717) is 0 Å². The maximum Gasteiger partial charge on any atom is 0.0559 e. The summed E-state index contributed by atoms with van der Waals surface area (Å²) in [7, 11) is 0. The van der Waals surface area contributed by atoms with E-state index in [9.17, 15) is 0 Å². The van der Waals surface area contributed by atoms with Crippen molar-refractivity contribution in [2.45, 2.75) is 13.8 Å². The molecule has 0 radical (unpaired) electrons. The van der Waals surface area contributed by atoms with Crippen LogP contribution in [-0.4, -0.2) is 19.8 Å². The van der Waals surface area contributed by atoms with Crippen LogP contribution in [0.25, 0.3) is 0 Å². The third kappa shape index (κ3) is 2.53. The van der Waals surface area contributed by atoms with Crippen molar-refractivity contribution in [2.75, 3.05) is 25.1 Å². The molecule has 2 nitrogen and oxygen atoms in total. The van der Waals surface area contributed by atoms with Gasteiger partial charge < -0.3 is 10.1 Å². The van der Waals surface area contributed by atoms with E-state index in [-0.39, 0.29) is 5.41 Å². The van der Waals surface area contributed by atoms with Gasteiger partial charge in [0.05, 0.1) is 13.2 Å². The average Bonchev–Trinajstić information content (AvgIpc) is 2.19. The SMILES string of the molecule is Cc1cc(Br)c(NCC2(C)COC2)cc1Cl. The van der Waals surface area contributed by atoms with Gasteiger partial charge in [-0.15, -0.1) is 0 Å². The van der Waals surface area contributed by atoms with Crippen LogP contribution >= 0.6 is 27.5 Å². The first-order chi connectivity index (χ1) is 7.50. The van der Waals surface area contributed by atoms with Crippen molar-refractivity contribution in [1.29, 1.82) is 0 Å². The van der Waals surface area contributed by atoms with Crippen molar-refractivity contribution < 1.29 is 4.74 Å². The fourth-order valence-electron chi connectivity index (χ4n) is 1.64. The predicted octanol–water partition coefficient (Wildman–Crippen LogP) is 3.86. The van der Waals surface area contributed by atoms with E-state index in [2.05, 4.69) is 28.2 Å². The Hall–Kier alpha value is -0.250. The minimum atomic E-state index is 0.261. The number of hydrogen-bond donors (Lipinski definition) is 1. The first-order valence-electron chi connectivity index (χ1n) is 5.27. The molecular weight excluding hydrogens is 289 g/mol. The van der Waals surface area contributed by atoms with Crippen LogP contribution in [0, 0.1) is 12.3 Å². The molecule has 0 atom stereocenters. The van der Waals surface area contributed by atoms with Gasteiger partial charge in [-0.3, -0.25) is 0 Å². The summed E-state index contributed by atoms with van der Waals surface area (Å²) in [5.41, 5.74) is 2.39. The Morgan fingerprint density at radius 1 is 1.50 bits per heavy atom. The van der Waals surface area contributed by atoms with Gasteiger partial charge in [0.15, 0.2) is 0 Å². The lowest BCUT2D eigenvalue weighted by Crippen LogP contribution is -2.45. The number of nitrogens with one attached hydrogen (secondary N) is 1. The number of ether oxygens (including phenoxy) is 1. The van der Waals surface area contributed by atoms with Gasteiger partial charge in [-0.25, -0.2) is 0 Å². The fraction of sp³-hybridized carbons (Fsp3) is 0.500. The highest BCUT2D eigenvalue weighted by Gasteiger charge is 2.33. The molecular formula is C12H15BrClNO. The highest BCUT2D eigenvalue weighted by atomic mass is 79.9. The van der Waals surface area contributed by atoms with Gasteiger partial charge in [0.1, 0.15) is 0 Å². The smallest absolute Gasteiger partial charge is 0.0559 e. The molecule has 1 aromatic rings. The molecule has 88 valence electrons. The Bertz CT molecular complexity index is 404. The summed E-state index contributed by atoms with van der Waals surface area (Å²) in [4.78, 5) is 0. The first kappa shape index (κ1) is 12.2. The lowest BCUT2D eigenvalue weighted by Gasteiger charge is -2.38. The molecule has 16 heavy (non-hydrogen) atoms. The second-order valence-corrected chi connectivity index (χ2v) is 6.00. The summed E-state index contributed by atoms with van der Waals surface area (Å²) in [6, 6.07) is 3.99. The van der Waals surface area contributed by atoms with Gasteiger partial charge in [-0.2, -0.15) is 0 Å². The molecule has 2 rings (SSSR count). The Morgan fingerprint density at radius 3 is 2.75 bits per heavy atom. The molecule has 1 fully saturated rings. The largest absolute Gasteiger partial charge is 0.383 e. The average molecular weight is 305 g/mol. The molecule has 1 N–H and O–H groups in total. The van der Waals surface area contributed by atoms with Gasteiger partial charge in [0.2, 0.25) is 0 Å². The van der Waals surface area contributed by atoms with Crippen LogP contribution in [0.15, 0.2) is 16.6 Å². The Morgan fingerprint density at radius 2 is 2.19 bits per heavy atom. The maximum absolute atomic E-state index is 6.10. The van der Waals surface area contributed by atoms with E-state index < -0.39 is 0 Å². The van der Waals surface area contributed by atoms with Crippen LogP contribution in [0.2, 0.25) is 5.02 Å². The summed E-state index contributed by atoms with van der Waals surface area (Å²) < 4.78 is 6.28. The molecule has 0 unspecified atom stereocenters. The summed E-state index contributed by atoms with van der Waals surface area (Å²) in [5.74, 6) is 0. The third-order valence-corrected chi connectivity index (χ3v) is 3.92. The zero-order chi connectivity index (χ0) is 11.8. The van der Waals surface area contributed by atoms with Gasteiger partial charge in [-0.05, 0) is 40.5 Å². The molecule has 1 heterocycles. The molecule has 0 aromatic heterocycles. The molecule has 0 spiro atoms. The van der Waals surface area contributed by atoms with Gasteiger partial charge in [0.25, 0.3) is 0 Å². The topological polar surface area (TPSA) is 21.3 Å². The highest BCUT2D eigenvalue weighted by Crippen LogP contribution is 2.32. The molecule has 1 aromatic carbocycles. The molecule has 0 bridgehead atoms. The van der Waals surface area contributed by atoms with Gasteiger partial charge in [0, 0.05) is 27.1 Å². The lowest BCUT2D eigenvalue weighted by molar-refractivity contribution is -0.0924. The summed E-state index contributed by atoms with van der Waals surface area (Å²) in [6.45, 7) is 6.78. The van der Waals surface area contributed by atoms with Crippen LogP contribution < -0.4 is 5.32 Å². The van der Waals surface area contributed by atoms with Crippen LogP contribution in [-0.2, 0) is 4.74 Å². The Kier molecular flexibility index (Phi) is 3.48. The number of rotatable bonds is 3. The molecule has 0 saturated carbocycles. The van der Waals surface area contributed by atoms with Crippen LogP contribution in [0.1, 0.15) is 12.5 Å². The van der Waals surface area contributed by atoms with Crippen LogP contribution in [0.3, 0.4) is 0 Å². The Labute approximate surface area is 109 Å². The summed E-state index contributed by atoms with van der Waals surface area (Å²) in [6.07, 6.45) is 0. The van der Waals surface area contributed by atoms with Gasteiger partial charge in [-0.1, -0.05) is 18.5 Å².